The largest absolute Gasteiger partial charge is 0.228 e. The lowest BCUT2D eigenvalue weighted by atomic mass is 9.70. The molecule has 0 unspecified atom stereocenters. The summed E-state index contributed by atoms with van der Waals surface area (Å²) in [5, 5.41) is 2.46. The summed E-state index contributed by atoms with van der Waals surface area (Å²) in [4.78, 5) is 10.7. The fourth-order valence-electron chi connectivity index (χ4n) is 9.03. The molecule has 8 aromatic carbocycles. The topological polar surface area (TPSA) is 25.8 Å². The molecule has 53 heavy (non-hydrogen) atoms. The standard InChI is InChI=1S/C51H32N2/c1-2-15-34(16-3-1)47-32-48(53-50(52-47)38-19-12-18-36(31-38)37-29-28-33-14-4-5-17-35(33)30-37)42-23-13-27-46-49(42)41-22-8-11-26-45(41)51(46)43-24-9-6-20-39(43)40-21-7-10-25-44(40)51/h1-32H. The molecular formula is C51H32N2. The van der Waals surface area contributed by atoms with Crippen LogP contribution in [0.2, 0.25) is 0 Å². The molecule has 0 saturated carbocycles. The Labute approximate surface area is 308 Å². The first-order valence-corrected chi connectivity index (χ1v) is 18.2. The van der Waals surface area contributed by atoms with Gasteiger partial charge in [-0.25, -0.2) is 9.97 Å². The van der Waals surface area contributed by atoms with Gasteiger partial charge in [0.05, 0.1) is 16.8 Å². The van der Waals surface area contributed by atoms with E-state index in [9.17, 15) is 0 Å². The number of rotatable bonds is 4. The molecule has 0 aliphatic heterocycles. The van der Waals surface area contributed by atoms with Gasteiger partial charge in [-0.2, -0.15) is 0 Å². The van der Waals surface area contributed by atoms with E-state index in [0.717, 1.165) is 33.6 Å². The van der Waals surface area contributed by atoms with Crippen LogP contribution >= 0.6 is 0 Å². The number of hydrogen-bond donors (Lipinski definition) is 0. The van der Waals surface area contributed by atoms with Crippen LogP contribution in [0.3, 0.4) is 0 Å². The molecule has 1 aromatic heterocycles. The van der Waals surface area contributed by atoms with Gasteiger partial charge in [0.15, 0.2) is 5.82 Å². The van der Waals surface area contributed by atoms with E-state index in [0.29, 0.717) is 5.82 Å². The third kappa shape index (κ3) is 4.39. The van der Waals surface area contributed by atoms with Crippen LogP contribution in [0.4, 0.5) is 0 Å². The van der Waals surface area contributed by atoms with Crippen LogP contribution in [0, 0.1) is 0 Å². The normalized spacial score (nSPS) is 13.1. The van der Waals surface area contributed by atoms with E-state index >= 15 is 0 Å². The van der Waals surface area contributed by atoms with Crippen molar-refractivity contribution in [2.45, 2.75) is 5.41 Å². The highest BCUT2D eigenvalue weighted by Gasteiger charge is 2.52. The van der Waals surface area contributed by atoms with Gasteiger partial charge in [-0.3, -0.25) is 0 Å². The first-order valence-electron chi connectivity index (χ1n) is 18.2. The maximum absolute atomic E-state index is 5.43. The predicted octanol–water partition coefficient (Wildman–Crippen LogP) is 12.6. The molecule has 0 N–H and O–H groups in total. The van der Waals surface area contributed by atoms with E-state index in [2.05, 4.69) is 194 Å². The molecule has 11 rings (SSSR count). The van der Waals surface area contributed by atoms with Crippen molar-refractivity contribution < 1.29 is 0 Å². The minimum Gasteiger partial charge on any atom is -0.228 e. The molecule has 2 aliphatic carbocycles. The van der Waals surface area contributed by atoms with Crippen molar-refractivity contribution in [3.8, 4) is 67.3 Å². The third-order valence-corrected chi connectivity index (χ3v) is 11.3. The molecule has 9 aromatic rings. The van der Waals surface area contributed by atoms with Crippen molar-refractivity contribution in [1.82, 2.24) is 9.97 Å². The highest BCUT2D eigenvalue weighted by Crippen LogP contribution is 2.63. The third-order valence-electron chi connectivity index (χ3n) is 11.3. The lowest BCUT2D eigenvalue weighted by Crippen LogP contribution is -2.25. The molecule has 0 atom stereocenters. The Kier molecular flexibility index (Phi) is 6.50. The Morgan fingerprint density at radius 3 is 1.60 bits per heavy atom. The first kappa shape index (κ1) is 29.8. The molecule has 0 amide bonds. The summed E-state index contributed by atoms with van der Waals surface area (Å²) in [6, 6.07) is 70.2. The lowest BCUT2D eigenvalue weighted by Gasteiger charge is -2.30. The Bertz CT molecular complexity index is 2860. The molecule has 1 heterocycles. The molecule has 1 spiro atoms. The van der Waals surface area contributed by atoms with Gasteiger partial charge >= 0.3 is 0 Å². The highest BCUT2D eigenvalue weighted by molar-refractivity contribution is 6.00. The van der Waals surface area contributed by atoms with Gasteiger partial charge in [-0.05, 0) is 84.6 Å². The maximum atomic E-state index is 5.43. The van der Waals surface area contributed by atoms with Crippen molar-refractivity contribution in [3.05, 3.63) is 216 Å². The van der Waals surface area contributed by atoms with Gasteiger partial charge in [0.25, 0.3) is 0 Å². The SMILES string of the molecule is c1ccc(-c2cc(-c3cccc4c3-c3ccccc3C43c4ccccc4-c4ccccc43)nc(-c3cccc(-c4ccc5ccccc5c4)c3)n2)cc1. The van der Waals surface area contributed by atoms with E-state index < -0.39 is 5.41 Å². The highest BCUT2D eigenvalue weighted by atomic mass is 14.9. The number of aromatic nitrogens is 2. The minimum absolute atomic E-state index is 0.415. The molecule has 0 saturated heterocycles. The van der Waals surface area contributed by atoms with Gasteiger partial charge < -0.3 is 0 Å². The zero-order valence-electron chi connectivity index (χ0n) is 28.9. The van der Waals surface area contributed by atoms with Crippen LogP contribution in [0.5, 0.6) is 0 Å². The summed E-state index contributed by atoms with van der Waals surface area (Å²) in [7, 11) is 0. The van der Waals surface area contributed by atoms with Gasteiger partial charge in [-0.1, -0.05) is 176 Å². The molecule has 0 radical (unpaired) electrons. The minimum atomic E-state index is -0.415. The predicted molar refractivity (Wildman–Crippen MR) is 218 cm³/mol. The monoisotopic (exact) mass is 672 g/mol. The summed E-state index contributed by atoms with van der Waals surface area (Å²) in [5.74, 6) is 0.708. The average molecular weight is 673 g/mol. The van der Waals surface area contributed by atoms with Crippen molar-refractivity contribution >= 4 is 10.8 Å². The summed E-state index contributed by atoms with van der Waals surface area (Å²) in [5.41, 5.74) is 17.3. The van der Waals surface area contributed by atoms with Crippen molar-refractivity contribution in [2.75, 3.05) is 0 Å². The first-order chi connectivity index (χ1) is 26.3. The van der Waals surface area contributed by atoms with E-state index in [1.54, 1.807) is 0 Å². The fourth-order valence-corrected chi connectivity index (χ4v) is 9.03. The van der Waals surface area contributed by atoms with Crippen LogP contribution < -0.4 is 0 Å². The zero-order chi connectivity index (χ0) is 34.9. The summed E-state index contributed by atoms with van der Waals surface area (Å²) in [6.45, 7) is 0. The second-order valence-electron chi connectivity index (χ2n) is 14.1. The van der Waals surface area contributed by atoms with E-state index in [1.807, 2.05) is 0 Å². The lowest BCUT2D eigenvalue weighted by molar-refractivity contribution is 0.794. The number of nitrogens with zero attached hydrogens (tertiary/aromatic N) is 2. The molecule has 246 valence electrons. The summed E-state index contributed by atoms with van der Waals surface area (Å²) >= 11 is 0. The molecular weight excluding hydrogens is 641 g/mol. The van der Waals surface area contributed by atoms with Gasteiger partial charge in [0.1, 0.15) is 0 Å². The maximum Gasteiger partial charge on any atom is 0.160 e. The molecule has 2 heteroatoms. The van der Waals surface area contributed by atoms with Crippen LogP contribution in [-0.2, 0) is 5.41 Å². The van der Waals surface area contributed by atoms with Crippen LogP contribution in [0.1, 0.15) is 22.3 Å². The number of fused-ring (bicyclic) bond motifs is 11. The smallest absolute Gasteiger partial charge is 0.160 e. The van der Waals surface area contributed by atoms with Crippen LogP contribution in [0.15, 0.2) is 194 Å². The van der Waals surface area contributed by atoms with E-state index in [-0.39, 0.29) is 0 Å². The second kappa shape index (κ2) is 11.6. The van der Waals surface area contributed by atoms with E-state index in [4.69, 9.17) is 9.97 Å². The fraction of sp³-hybridized carbons (Fsp3) is 0.0196. The number of benzene rings is 8. The quantitative estimate of drug-likeness (QED) is 0.186. The van der Waals surface area contributed by atoms with Crippen molar-refractivity contribution in [3.63, 3.8) is 0 Å². The Morgan fingerprint density at radius 1 is 0.302 bits per heavy atom. The van der Waals surface area contributed by atoms with Crippen molar-refractivity contribution in [1.29, 1.82) is 0 Å². The van der Waals surface area contributed by atoms with Gasteiger partial charge in [-0.15, -0.1) is 0 Å². The average Bonchev–Trinajstić information content (AvgIpc) is 3.71. The molecule has 0 bridgehead atoms. The van der Waals surface area contributed by atoms with Gasteiger partial charge in [0, 0.05) is 16.7 Å². The Balaban J connectivity index is 1.14. The zero-order valence-corrected chi connectivity index (χ0v) is 28.9. The second-order valence-corrected chi connectivity index (χ2v) is 14.1. The van der Waals surface area contributed by atoms with Crippen LogP contribution in [-0.4, -0.2) is 9.97 Å². The van der Waals surface area contributed by atoms with Crippen molar-refractivity contribution in [2.24, 2.45) is 0 Å². The van der Waals surface area contributed by atoms with Crippen LogP contribution in [0.25, 0.3) is 78.1 Å². The Morgan fingerprint density at radius 2 is 0.830 bits per heavy atom. The molecule has 0 fully saturated rings. The van der Waals surface area contributed by atoms with E-state index in [1.165, 1.54) is 60.8 Å². The Hall–Kier alpha value is -6.90. The molecule has 2 nitrogen and oxygen atoms in total. The number of hydrogen-bond acceptors (Lipinski definition) is 2. The molecule has 2 aliphatic rings. The summed E-state index contributed by atoms with van der Waals surface area (Å²) < 4.78 is 0. The van der Waals surface area contributed by atoms with Gasteiger partial charge in [0.2, 0.25) is 0 Å². The summed E-state index contributed by atoms with van der Waals surface area (Å²) in [6.07, 6.45) is 0.